The van der Waals surface area contributed by atoms with Gasteiger partial charge in [-0.1, -0.05) is 121 Å². The molecule has 0 unspecified atom stereocenters. The van der Waals surface area contributed by atoms with Gasteiger partial charge >= 0.3 is 0 Å². The van der Waals surface area contributed by atoms with Gasteiger partial charge in [-0.05, 0) is 44.8 Å². The minimum absolute atomic E-state index is 0.346. The lowest BCUT2D eigenvalue weighted by Gasteiger charge is -2.43. The number of ether oxygens (including phenoxy) is 5. The molecule has 0 aliphatic carbocycles. The number of benzene rings is 4. The molecule has 0 spiro atoms. The smallest absolute Gasteiger partial charge is 0.150 e. The summed E-state index contributed by atoms with van der Waals surface area (Å²) in [5, 5.41) is 0. The van der Waals surface area contributed by atoms with Gasteiger partial charge in [0.15, 0.2) is 6.10 Å². The van der Waals surface area contributed by atoms with Crippen LogP contribution in [0.2, 0.25) is 0 Å². The molecule has 1 aliphatic heterocycles. The van der Waals surface area contributed by atoms with Crippen LogP contribution >= 0.6 is 22.6 Å². The Hall–Kier alpha value is -3.01. The van der Waals surface area contributed by atoms with Crippen molar-refractivity contribution in [3.63, 3.8) is 0 Å². The molecule has 0 amide bonds. The molecule has 0 saturated carbocycles. The molecule has 1 heterocycles. The summed E-state index contributed by atoms with van der Waals surface area (Å²) in [5.41, 5.74) is 4.35. The zero-order chi connectivity index (χ0) is 28.1. The van der Waals surface area contributed by atoms with Gasteiger partial charge in [0.2, 0.25) is 0 Å². The first kappa shape index (κ1) is 29.5. The Labute approximate surface area is 256 Å². The van der Waals surface area contributed by atoms with Crippen LogP contribution in [0, 0.1) is 0 Å². The van der Waals surface area contributed by atoms with Crippen LogP contribution in [0.5, 0.6) is 0 Å². The van der Waals surface area contributed by atoms with Crippen molar-refractivity contribution in [2.45, 2.75) is 50.8 Å². The molecule has 5 rings (SSSR count). The van der Waals surface area contributed by atoms with Crippen molar-refractivity contribution in [2.75, 3.05) is 6.61 Å². The van der Waals surface area contributed by atoms with E-state index in [0.29, 0.717) is 38.8 Å². The van der Waals surface area contributed by atoms with Gasteiger partial charge in [-0.25, -0.2) is 0 Å². The lowest BCUT2D eigenvalue weighted by atomic mass is 9.97. The Morgan fingerprint density at radius 2 is 0.951 bits per heavy atom. The fraction of sp³-hybridized carbons (Fsp3) is 0.257. The molecule has 1 fully saturated rings. The Morgan fingerprint density at radius 1 is 0.537 bits per heavy atom. The fourth-order valence-corrected chi connectivity index (χ4v) is 5.29. The summed E-state index contributed by atoms with van der Waals surface area (Å²) >= 11 is 2.22. The van der Waals surface area contributed by atoms with Crippen LogP contribution in [0.3, 0.4) is 0 Å². The van der Waals surface area contributed by atoms with Gasteiger partial charge in [0.1, 0.15) is 24.1 Å². The topological polar surface area (TPSA) is 46.2 Å². The monoisotopic (exact) mass is 662 g/mol. The molecular weight excluding hydrogens is 627 g/mol. The maximum atomic E-state index is 6.67. The van der Waals surface area contributed by atoms with E-state index in [4.69, 9.17) is 23.7 Å². The third kappa shape index (κ3) is 8.74. The average Bonchev–Trinajstić information content (AvgIpc) is 3.04. The number of rotatable bonds is 13. The van der Waals surface area contributed by atoms with Gasteiger partial charge in [0.25, 0.3) is 0 Å². The molecule has 41 heavy (non-hydrogen) atoms. The molecule has 1 aliphatic rings. The molecule has 4 aromatic rings. The molecule has 0 radical (unpaired) electrons. The van der Waals surface area contributed by atoms with Gasteiger partial charge in [-0.2, -0.15) is 0 Å². The van der Waals surface area contributed by atoms with E-state index in [9.17, 15) is 0 Å². The highest BCUT2D eigenvalue weighted by molar-refractivity contribution is 14.1. The van der Waals surface area contributed by atoms with E-state index in [1.54, 1.807) is 0 Å². The van der Waals surface area contributed by atoms with Crippen LogP contribution in [0.4, 0.5) is 0 Å². The summed E-state index contributed by atoms with van der Waals surface area (Å²) in [6, 6.07) is 40.6. The van der Waals surface area contributed by atoms with Gasteiger partial charge in [-0.15, -0.1) is 0 Å². The molecule has 0 bridgehead atoms. The summed E-state index contributed by atoms with van der Waals surface area (Å²) < 4.78 is 34.5. The largest absolute Gasteiger partial charge is 0.486 e. The Balaban J connectivity index is 1.39. The van der Waals surface area contributed by atoms with Crippen molar-refractivity contribution in [3.05, 3.63) is 153 Å². The van der Waals surface area contributed by atoms with Crippen molar-refractivity contribution < 1.29 is 23.7 Å². The van der Waals surface area contributed by atoms with Crippen molar-refractivity contribution in [3.8, 4) is 0 Å². The Morgan fingerprint density at radius 3 is 1.41 bits per heavy atom. The van der Waals surface area contributed by atoms with E-state index in [0.717, 1.165) is 22.3 Å². The fourth-order valence-electron chi connectivity index (χ4n) is 4.79. The molecule has 4 aromatic carbocycles. The first-order valence-electron chi connectivity index (χ1n) is 13.9. The van der Waals surface area contributed by atoms with Crippen molar-refractivity contribution in [2.24, 2.45) is 0 Å². The Kier molecular flexibility index (Phi) is 11.4. The van der Waals surface area contributed by atoms with E-state index in [1.807, 2.05) is 76.9 Å². The highest BCUT2D eigenvalue weighted by Crippen LogP contribution is 2.33. The predicted octanol–water partition coefficient (Wildman–Crippen LogP) is 7.63. The number of hydrogen-bond acceptors (Lipinski definition) is 5. The first-order valence-corrected chi connectivity index (χ1v) is 15.1. The summed E-state index contributed by atoms with van der Waals surface area (Å²) in [5.74, 6) is 0.715. The zero-order valence-electron chi connectivity index (χ0n) is 22.9. The van der Waals surface area contributed by atoms with E-state index < -0.39 is 18.3 Å². The highest BCUT2D eigenvalue weighted by Gasteiger charge is 2.46. The second-order valence-electron chi connectivity index (χ2n) is 9.91. The van der Waals surface area contributed by atoms with Crippen LogP contribution < -0.4 is 0 Å². The minimum Gasteiger partial charge on any atom is -0.486 e. The van der Waals surface area contributed by atoms with Crippen molar-refractivity contribution >= 4 is 22.6 Å². The maximum Gasteiger partial charge on any atom is 0.150 e. The van der Waals surface area contributed by atoms with E-state index in [-0.39, 0.29) is 6.10 Å². The van der Waals surface area contributed by atoms with E-state index >= 15 is 0 Å². The van der Waals surface area contributed by atoms with Crippen LogP contribution in [0.15, 0.2) is 131 Å². The van der Waals surface area contributed by atoms with Gasteiger partial charge in [-0.3, -0.25) is 0 Å². The SMILES string of the molecule is I/C=C1\O[C@H](COCc2ccccc2)[C@@H](OCc2ccccc2)[C@H](OCc2ccccc2)[C@@H]1OCc1ccccc1. The first-order chi connectivity index (χ1) is 20.3. The third-order valence-corrected chi connectivity index (χ3v) is 7.51. The van der Waals surface area contributed by atoms with Crippen LogP contribution in [-0.4, -0.2) is 31.0 Å². The molecule has 5 nitrogen and oxygen atoms in total. The third-order valence-electron chi connectivity index (χ3n) is 6.90. The molecule has 0 aromatic heterocycles. The predicted molar refractivity (Wildman–Crippen MR) is 168 cm³/mol. The van der Waals surface area contributed by atoms with Gasteiger partial charge in [0.05, 0.1) is 33.0 Å². The summed E-state index contributed by atoms with van der Waals surface area (Å²) in [6.45, 7) is 2.10. The highest BCUT2D eigenvalue weighted by atomic mass is 127. The molecule has 4 atom stereocenters. The zero-order valence-corrected chi connectivity index (χ0v) is 25.0. The van der Waals surface area contributed by atoms with Crippen molar-refractivity contribution in [1.82, 2.24) is 0 Å². The summed E-state index contributed by atoms with van der Waals surface area (Å²) in [7, 11) is 0. The minimum atomic E-state index is -0.457. The van der Waals surface area contributed by atoms with E-state index in [2.05, 4.69) is 71.1 Å². The normalized spacial score (nSPS) is 21.4. The van der Waals surface area contributed by atoms with Gasteiger partial charge < -0.3 is 23.7 Å². The number of hydrogen-bond donors (Lipinski definition) is 0. The second kappa shape index (κ2) is 15.8. The van der Waals surface area contributed by atoms with Crippen molar-refractivity contribution in [1.29, 1.82) is 0 Å². The Bertz CT molecular complexity index is 1320. The number of halogens is 1. The maximum absolute atomic E-state index is 6.67. The molecule has 0 N–H and O–H groups in total. The summed E-state index contributed by atoms with van der Waals surface area (Å²) in [4.78, 5) is 0. The van der Waals surface area contributed by atoms with Gasteiger partial charge in [0, 0.05) is 4.08 Å². The lowest BCUT2D eigenvalue weighted by Crippen LogP contribution is -2.56. The second-order valence-corrected chi connectivity index (χ2v) is 10.5. The molecule has 212 valence electrons. The molecule has 6 heteroatoms. The summed E-state index contributed by atoms with van der Waals surface area (Å²) in [6.07, 6.45) is -1.71. The standard InChI is InChI=1S/C35H35IO5/c36-21-31-33(38-23-28-15-7-2-8-16-28)35(40-25-30-19-11-4-12-20-30)34(39-24-29-17-9-3-10-18-29)32(41-31)26-37-22-27-13-5-1-6-14-27/h1-21,32-35H,22-26H2/b31-21-/t32-,33-,34-,35-/m1/s1. The quantitative estimate of drug-likeness (QED) is 0.138. The van der Waals surface area contributed by atoms with Crippen LogP contribution in [0.1, 0.15) is 22.3 Å². The van der Waals surface area contributed by atoms with Crippen LogP contribution in [-0.2, 0) is 50.1 Å². The van der Waals surface area contributed by atoms with E-state index in [1.165, 1.54) is 0 Å². The molecule has 1 saturated heterocycles. The lowest BCUT2D eigenvalue weighted by molar-refractivity contribution is -0.223. The van der Waals surface area contributed by atoms with Crippen LogP contribution in [0.25, 0.3) is 0 Å². The average molecular weight is 663 g/mol. The molecular formula is C35H35IO5.